The third-order valence-corrected chi connectivity index (χ3v) is 6.03. The molecule has 0 radical (unpaired) electrons. The molecule has 1 fully saturated rings. The van der Waals surface area contributed by atoms with Gasteiger partial charge in [0, 0.05) is 31.9 Å². The molecule has 1 aliphatic rings. The van der Waals surface area contributed by atoms with Crippen molar-refractivity contribution in [3.8, 4) is 0 Å². The van der Waals surface area contributed by atoms with Crippen LogP contribution in [0.3, 0.4) is 0 Å². The van der Waals surface area contributed by atoms with E-state index in [1.807, 2.05) is 29.4 Å². The Kier molecular flexibility index (Phi) is 7.10. The summed E-state index contributed by atoms with van der Waals surface area (Å²) in [6.45, 7) is 7.36. The van der Waals surface area contributed by atoms with E-state index in [0.717, 1.165) is 30.5 Å². The van der Waals surface area contributed by atoms with Crippen molar-refractivity contribution in [2.45, 2.75) is 46.1 Å². The third-order valence-electron chi connectivity index (χ3n) is 4.55. The van der Waals surface area contributed by atoms with E-state index in [-0.39, 0.29) is 37.4 Å². The van der Waals surface area contributed by atoms with Gasteiger partial charge in [0.1, 0.15) is 6.26 Å². The van der Waals surface area contributed by atoms with E-state index in [9.17, 15) is 13.2 Å². The summed E-state index contributed by atoms with van der Waals surface area (Å²) in [5, 5.41) is 7.58. The molecule has 0 atom stereocenters. The molecule has 0 unspecified atom stereocenters. The van der Waals surface area contributed by atoms with Crippen molar-refractivity contribution in [1.82, 2.24) is 23.8 Å². The van der Waals surface area contributed by atoms with Crippen LogP contribution in [0.25, 0.3) is 0 Å². The van der Waals surface area contributed by atoms with Gasteiger partial charge in [0.15, 0.2) is 5.69 Å². The number of aromatic nitrogens is 3. The molecule has 2 N–H and O–H groups in total. The summed E-state index contributed by atoms with van der Waals surface area (Å²) in [7, 11) is -3.99. The molecule has 0 aromatic carbocycles. The Labute approximate surface area is 176 Å². The molecule has 0 aliphatic carbocycles. The van der Waals surface area contributed by atoms with E-state index in [4.69, 9.17) is 9.15 Å². The lowest BCUT2D eigenvalue weighted by atomic mass is 10.2. The summed E-state index contributed by atoms with van der Waals surface area (Å²) in [4.78, 5) is 16.5. The first-order valence-electron chi connectivity index (χ1n) is 10.0. The molecule has 1 amide bonds. The van der Waals surface area contributed by atoms with Crippen molar-refractivity contribution in [1.29, 1.82) is 0 Å². The smallest absolute Gasteiger partial charge is 0.304 e. The zero-order chi connectivity index (χ0) is 21.7. The molecule has 0 spiro atoms. The molecular formula is C18H28N6O5S. The Morgan fingerprint density at radius 1 is 1.30 bits per heavy atom. The van der Waals surface area contributed by atoms with Crippen molar-refractivity contribution in [2.24, 2.45) is 0 Å². The molecule has 3 heterocycles. The van der Waals surface area contributed by atoms with Crippen molar-refractivity contribution >= 4 is 27.8 Å². The molecule has 12 heteroatoms. The van der Waals surface area contributed by atoms with E-state index in [1.165, 1.54) is 4.31 Å². The van der Waals surface area contributed by atoms with Crippen LogP contribution in [0, 0.1) is 0 Å². The number of carbonyl (C=O) groups excluding carboxylic acids is 1. The molecule has 3 rings (SSSR count). The van der Waals surface area contributed by atoms with Crippen LogP contribution in [-0.2, 0) is 21.4 Å². The highest BCUT2D eigenvalue weighted by Crippen LogP contribution is 2.23. The third kappa shape index (κ3) is 5.37. The van der Waals surface area contributed by atoms with Crippen molar-refractivity contribution in [3.05, 3.63) is 23.8 Å². The minimum atomic E-state index is -3.99. The second-order valence-electron chi connectivity index (χ2n) is 7.28. The number of oxazole rings is 1. The Morgan fingerprint density at radius 2 is 2.10 bits per heavy atom. The SMILES string of the molecule is CCCc1nn(C(C)C)cc1Nc1nc(C(=O)NS(=O)(=O)N2CCCOCC2)co1. The van der Waals surface area contributed by atoms with Gasteiger partial charge < -0.3 is 14.5 Å². The van der Waals surface area contributed by atoms with Crippen LogP contribution in [0.4, 0.5) is 11.7 Å². The fraction of sp³-hybridized carbons (Fsp3) is 0.611. The number of anilines is 2. The summed E-state index contributed by atoms with van der Waals surface area (Å²) >= 11 is 0. The first-order chi connectivity index (χ1) is 14.3. The minimum Gasteiger partial charge on any atom is -0.431 e. The number of nitrogens with one attached hydrogen (secondary N) is 2. The highest BCUT2D eigenvalue weighted by atomic mass is 32.2. The average Bonchev–Trinajstić information content (AvgIpc) is 3.20. The number of amides is 1. The normalized spacial score (nSPS) is 15.9. The predicted octanol–water partition coefficient (Wildman–Crippen LogP) is 1.84. The van der Waals surface area contributed by atoms with E-state index in [2.05, 4.69) is 22.3 Å². The number of carbonyl (C=O) groups is 1. The van der Waals surface area contributed by atoms with Gasteiger partial charge in [0.05, 0.1) is 18.0 Å². The van der Waals surface area contributed by atoms with E-state index >= 15 is 0 Å². The molecule has 11 nitrogen and oxygen atoms in total. The maximum absolute atomic E-state index is 12.5. The highest BCUT2D eigenvalue weighted by Gasteiger charge is 2.27. The fourth-order valence-electron chi connectivity index (χ4n) is 2.97. The van der Waals surface area contributed by atoms with Gasteiger partial charge in [0.2, 0.25) is 0 Å². The van der Waals surface area contributed by atoms with Crippen LogP contribution >= 0.6 is 0 Å². The fourth-order valence-corrected chi connectivity index (χ4v) is 4.12. The summed E-state index contributed by atoms with van der Waals surface area (Å²) in [5.41, 5.74) is 1.46. The molecule has 0 saturated carbocycles. The minimum absolute atomic E-state index is 0.0846. The lowest BCUT2D eigenvalue weighted by Crippen LogP contribution is -2.44. The molecule has 30 heavy (non-hydrogen) atoms. The number of hydrogen-bond acceptors (Lipinski definition) is 8. The zero-order valence-electron chi connectivity index (χ0n) is 17.4. The van der Waals surface area contributed by atoms with E-state index in [0.29, 0.717) is 13.0 Å². The average molecular weight is 441 g/mol. The Balaban J connectivity index is 1.69. The van der Waals surface area contributed by atoms with Crippen LogP contribution in [0.1, 0.15) is 55.8 Å². The van der Waals surface area contributed by atoms with Crippen LogP contribution in [0.5, 0.6) is 0 Å². The van der Waals surface area contributed by atoms with Crippen molar-refractivity contribution in [3.63, 3.8) is 0 Å². The van der Waals surface area contributed by atoms with Gasteiger partial charge in [-0.05, 0) is 26.7 Å². The lowest BCUT2D eigenvalue weighted by Gasteiger charge is -2.18. The zero-order valence-corrected chi connectivity index (χ0v) is 18.2. The topological polar surface area (TPSA) is 132 Å². The van der Waals surface area contributed by atoms with Gasteiger partial charge in [-0.25, -0.2) is 4.72 Å². The number of nitrogens with zero attached hydrogens (tertiary/aromatic N) is 4. The summed E-state index contributed by atoms with van der Waals surface area (Å²) in [6.07, 6.45) is 5.23. The van der Waals surface area contributed by atoms with Crippen LogP contribution in [-0.4, -0.2) is 59.7 Å². The van der Waals surface area contributed by atoms with Crippen molar-refractivity contribution < 1.29 is 22.4 Å². The molecule has 1 saturated heterocycles. The Morgan fingerprint density at radius 3 is 2.83 bits per heavy atom. The van der Waals surface area contributed by atoms with E-state index < -0.39 is 16.1 Å². The monoisotopic (exact) mass is 440 g/mol. The first kappa shape index (κ1) is 22.2. The molecule has 1 aliphatic heterocycles. The van der Waals surface area contributed by atoms with Gasteiger partial charge in [-0.2, -0.15) is 22.8 Å². The highest BCUT2D eigenvalue weighted by molar-refractivity contribution is 7.87. The second-order valence-corrected chi connectivity index (χ2v) is 8.95. The maximum atomic E-state index is 12.5. The van der Waals surface area contributed by atoms with Gasteiger partial charge in [0.25, 0.3) is 11.9 Å². The van der Waals surface area contributed by atoms with Gasteiger partial charge >= 0.3 is 10.2 Å². The summed E-state index contributed by atoms with van der Waals surface area (Å²) < 4.78 is 40.5. The number of hydrogen-bond donors (Lipinski definition) is 2. The first-order valence-corrected chi connectivity index (χ1v) is 11.4. The maximum Gasteiger partial charge on any atom is 0.304 e. The van der Waals surface area contributed by atoms with E-state index in [1.54, 1.807) is 0 Å². The Hall–Kier alpha value is -2.44. The predicted molar refractivity (Wildman–Crippen MR) is 110 cm³/mol. The largest absolute Gasteiger partial charge is 0.431 e. The summed E-state index contributed by atoms with van der Waals surface area (Å²) in [6, 6.07) is 0.276. The lowest BCUT2D eigenvalue weighted by molar-refractivity contribution is 0.0973. The number of rotatable bonds is 8. The molecule has 2 aromatic heterocycles. The van der Waals surface area contributed by atoms with Crippen LogP contribution in [0.2, 0.25) is 0 Å². The quantitative estimate of drug-likeness (QED) is 0.636. The van der Waals surface area contributed by atoms with Gasteiger partial charge in [-0.3, -0.25) is 9.48 Å². The molecule has 2 aromatic rings. The van der Waals surface area contributed by atoms with Crippen LogP contribution < -0.4 is 10.0 Å². The standard InChI is InChI=1S/C18H28N6O5S/c1-4-6-14-15(11-24(21-14)13(2)3)19-18-20-16(12-29-18)17(25)22-30(26,27)23-7-5-9-28-10-8-23/h11-13H,4-10H2,1-3H3,(H,19,20)(H,22,25). The molecule has 166 valence electrons. The Bertz CT molecular complexity index is 960. The molecule has 0 bridgehead atoms. The van der Waals surface area contributed by atoms with Gasteiger partial charge in [-0.15, -0.1) is 0 Å². The van der Waals surface area contributed by atoms with Crippen molar-refractivity contribution in [2.75, 3.05) is 31.6 Å². The van der Waals surface area contributed by atoms with Gasteiger partial charge in [-0.1, -0.05) is 13.3 Å². The molecular weight excluding hydrogens is 412 g/mol. The number of aryl methyl sites for hydroxylation is 1. The summed E-state index contributed by atoms with van der Waals surface area (Å²) in [5.74, 6) is -0.858. The van der Waals surface area contributed by atoms with Crippen LogP contribution in [0.15, 0.2) is 16.9 Å². The second kappa shape index (κ2) is 9.58. The number of ether oxygens (including phenoxy) is 1.